The summed E-state index contributed by atoms with van der Waals surface area (Å²) in [5.41, 5.74) is 0. The predicted molar refractivity (Wildman–Crippen MR) is 36.8 cm³/mol. The van der Waals surface area contributed by atoms with Crippen LogP contribution >= 0.6 is 0 Å². The summed E-state index contributed by atoms with van der Waals surface area (Å²) in [7, 11) is 0. The van der Waals surface area contributed by atoms with Crippen molar-refractivity contribution in [1.29, 1.82) is 0 Å². The first-order valence-electron chi connectivity index (χ1n) is 0. The average Bonchev–Trinajstić information content (AvgIpc) is 0. The van der Waals surface area contributed by atoms with Gasteiger partial charge in [0.1, 0.15) is 0 Å². The molecule has 0 bridgehead atoms. The van der Waals surface area contributed by atoms with Crippen molar-refractivity contribution in [2.24, 2.45) is 0 Å². The Morgan fingerprint density at radius 2 is 0.333 bits per heavy atom. The van der Waals surface area contributed by atoms with Crippen molar-refractivity contribution in [3.63, 3.8) is 0 Å². The Labute approximate surface area is 133 Å². The van der Waals surface area contributed by atoms with Gasteiger partial charge in [0, 0.05) is 0 Å². The van der Waals surface area contributed by atoms with Gasteiger partial charge in [-0.25, -0.2) is 0 Å². The first-order valence-corrected chi connectivity index (χ1v) is 0. The maximum absolute atomic E-state index is 0. The largest absolute Gasteiger partial charge is 3.00 e. The van der Waals surface area contributed by atoms with Gasteiger partial charge in [-0.1, -0.05) is 0 Å². The van der Waals surface area contributed by atoms with Crippen LogP contribution in [0.4, 0.5) is 0 Å². The molecule has 0 aromatic carbocycles. The van der Waals surface area contributed by atoms with Gasteiger partial charge in [-0.2, -0.15) is 0 Å². The van der Waals surface area contributed by atoms with Crippen LogP contribution in [0, 0.1) is 0 Å². The van der Waals surface area contributed by atoms with Gasteiger partial charge in [-0.3, -0.25) is 0 Å². The fraction of sp³-hybridized carbons (Fsp3) is 0. The first-order chi connectivity index (χ1) is 0. The summed E-state index contributed by atoms with van der Waals surface area (Å²) in [6.07, 6.45) is 0. The molecule has 0 N–H and O–H groups in total. The Balaban J connectivity index is 0. The summed E-state index contributed by atoms with van der Waals surface area (Å²) in [6, 6.07) is 0. The van der Waals surface area contributed by atoms with Crippen LogP contribution in [0.2, 0.25) is 0 Å². The zero-order valence-electron chi connectivity index (χ0n) is 3.42. The van der Waals surface area contributed by atoms with Gasteiger partial charge in [-0.15, -0.1) is 0 Å². The summed E-state index contributed by atoms with van der Waals surface area (Å²) in [4.78, 5) is 0. The molecule has 0 aromatic heterocycles. The first kappa shape index (κ1) is 123. The van der Waals surface area contributed by atoms with Crippen LogP contribution in [0.3, 0.4) is 0 Å². The number of hydrogen-bond acceptors (Lipinski definition) is 0. The van der Waals surface area contributed by atoms with Crippen LogP contribution in [-0.4, -0.2) is 0 Å². The van der Waals surface area contributed by atoms with Crippen molar-refractivity contribution in [2.45, 2.75) is 0 Å². The Morgan fingerprint density at radius 1 is 0.333 bits per heavy atom. The Kier molecular flexibility index (Phi) is 1310. The molecule has 0 unspecified atom stereocenters. The zero-order chi connectivity index (χ0) is 0. The Hall–Kier alpha value is 3.80. The van der Waals surface area contributed by atoms with Gasteiger partial charge in [-0.05, 0) is 0 Å². The van der Waals surface area contributed by atoms with Crippen molar-refractivity contribution in [3.05, 3.63) is 0 Å². The monoisotopic (exact) mass is 390 g/mol. The smallest absolute Gasteiger partial charge is 2.00 e. The Bertz CT molecular complexity index is 12.9. The molecule has 0 amide bonds. The summed E-state index contributed by atoms with van der Waals surface area (Å²) >= 11 is 0. The van der Waals surface area contributed by atoms with Crippen LogP contribution in [0.15, 0.2) is 0 Å². The topological polar surface area (TPSA) is 0 Å². The van der Waals surface area contributed by atoms with Gasteiger partial charge in [0.25, 0.3) is 0 Å². The van der Waals surface area contributed by atoms with E-state index in [0.717, 1.165) is 0 Å². The molecule has 0 aromatic rings. The van der Waals surface area contributed by atoms with E-state index in [9.17, 15) is 0 Å². The van der Waals surface area contributed by atoms with Crippen LogP contribution in [0.25, 0.3) is 0 Å². The Morgan fingerprint density at radius 3 is 0.333 bits per heavy atom. The third kappa shape index (κ3) is 78.4. The van der Waals surface area contributed by atoms with E-state index < -0.39 is 0 Å². The molecule has 0 aliphatic heterocycles. The van der Waals surface area contributed by atoms with E-state index in [4.69, 9.17) is 0 Å². The van der Waals surface area contributed by atoms with E-state index in [-0.39, 0.29) is 135 Å². The summed E-state index contributed by atoms with van der Waals surface area (Å²) < 4.78 is 0. The standard InChI is InChI=1S/2Co.2Fe.5S/q2*+2;2*+3;5*-2. The third-order valence-corrected chi connectivity index (χ3v) is 0. The molecule has 0 spiro atoms. The molecule has 4 radical (unpaired) electrons. The van der Waals surface area contributed by atoms with E-state index in [1.807, 2.05) is 0 Å². The van der Waals surface area contributed by atoms with E-state index in [2.05, 4.69) is 0 Å². The zero-order valence-corrected chi connectivity index (χ0v) is 11.8. The molecule has 0 saturated carbocycles. The minimum Gasteiger partial charge on any atom is -2.00 e. The van der Waals surface area contributed by atoms with Gasteiger partial charge < -0.3 is 67.5 Å². The molecule has 0 aliphatic carbocycles. The summed E-state index contributed by atoms with van der Waals surface area (Å²) in [6.45, 7) is 0. The molecule has 0 saturated heterocycles. The molecule has 0 fully saturated rings. The van der Waals surface area contributed by atoms with Gasteiger partial charge in [0.2, 0.25) is 0 Å². The van der Waals surface area contributed by atoms with Crippen LogP contribution < -0.4 is 0 Å². The molecular formula is Co2Fe2S5. The fourth-order valence-electron chi connectivity index (χ4n) is 0. The summed E-state index contributed by atoms with van der Waals surface area (Å²) in [5.74, 6) is 0. The van der Waals surface area contributed by atoms with E-state index >= 15 is 0 Å². The van der Waals surface area contributed by atoms with Gasteiger partial charge in [0.05, 0.1) is 0 Å². The fourth-order valence-corrected chi connectivity index (χ4v) is 0. The van der Waals surface area contributed by atoms with Crippen molar-refractivity contribution >= 4 is 67.5 Å². The van der Waals surface area contributed by atoms with E-state index in [1.54, 1.807) is 0 Å². The van der Waals surface area contributed by atoms with Crippen molar-refractivity contribution in [2.75, 3.05) is 0 Å². The maximum atomic E-state index is 0. The minimum atomic E-state index is 0. The van der Waals surface area contributed by atoms with Crippen LogP contribution in [0.1, 0.15) is 0 Å². The molecule has 0 atom stereocenters. The quantitative estimate of drug-likeness (QED) is 0.511. The van der Waals surface area contributed by atoms with E-state index in [1.165, 1.54) is 0 Å². The molecular weight excluding hydrogens is 390 g/mol. The second-order valence-electron chi connectivity index (χ2n) is 0. The summed E-state index contributed by atoms with van der Waals surface area (Å²) in [5, 5.41) is 0. The third-order valence-electron chi connectivity index (χ3n) is 0. The predicted octanol–water partition coefficient (Wildman–Crippen LogP) is -0.0220. The molecule has 0 rings (SSSR count). The van der Waals surface area contributed by atoms with Gasteiger partial charge >= 0.3 is 67.7 Å². The number of hydrogen-bond donors (Lipinski definition) is 0. The average molecular weight is 390 g/mol. The molecule has 9 heteroatoms. The SMILES string of the molecule is [Co+2].[Co+2].[Fe+3].[Fe+3].[S-2].[S-2].[S-2].[S-2].[S-2]. The van der Waals surface area contributed by atoms with Crippen molar-refractivity contribution in [1.82, 2.24) is 0 Å². The second kappa shape index (κ2) is 95.3. The second-order valence-corrected chi connectivity index (χ2v) is 0. The minimum absolute atomic E-state index is 0. The van der Waals surface area contributed by atoms with Crippen LogP contribution in [0.5, 0.6) is 0 Å². The normalized spacial score (nSPS) is 0. The van der Waals surface area contributed by atoms with E-state index in [0.29, 0.717) is 0 Å². The van der Waals surface area contributed by atoms with Crippen molar-refractivity contribution < 1.29 is 67.7 Å². The van der Waals surface area contributed by atoms with Gasteiger partial charge in [0.15, 0.2) is 0 Å². The molecule has 64 valence electrons. The molecule has 0 aliphatic rings. The maximum Gasteiger partial charge on any atom is 3.00 e. The van der Waals surface area contributed by atoms with Crippen molar-refractivity contribution in [3.8, 4) is 0 Å². The molecule has 9 heavy (non-hydrogen) atoms. The number of rotatable bonds is 0. The molecule has 0 nitrogen and oxygen atoms in total. The van der Waals surface area contributed by atoms with Crippen LogP contribution in [-0.2, 0) is 135 Å². The molecule has 0 heterocycles.